The smallest absolute Gasteiger partial charge is 0.270 e. The van der Waals surface area contributed by atoms with Crippen molar-refractivity contribution in [2.45, 2.75) is 19.9 Å². The second-order valence-corrected chi connectivity index (χ2v) is 6.53. The van der Waals surface area contributed by atoms with Gasteiger partial charge in [0.05, 0.1) is 25.2 Å². The lowest BCUT2D eigenvalue weighted by molar-refractivity contribution is 0.0924. The van der Waals surface area contributed by atoms with Gasteiger partial charge in [-0.3, -0.25) is 4.79 Å². The number of imidazole rings is 1. The van der Waals surface area contributed by atoms with Crippen molar-refractivity contribution in [2.75, 3.05) is 13.7 Å². The van der Waals surface area contributed by atoms with Crippen LogP contribution >= 0.6 is 0 Å². The van der Waals surface area contributed by atoms with Gasteiger partial charge in [0.1, 0.15) is 23.7 Å². The van der Waals surface area contributed by atoms with Crippen LogP contribution in [0.15, 0.2) is 42.9 Å². The van der Waals surface area contributed by atoms with Gasteiger partial charge in [-0.2, -0.15) is 0 Å². The fraction of sp³-hybridized carbons (Fsp3) is 0.250. The predicted molar refractivity (Wildman–Crippen MR) is 99.5 cm³/mol. The number of aryl methyl sites for hydroxylation is 2. The number of hydrogen-bond donors (Lipinski definition) is 1. The van der Waals surface area contributed by atoms with Crippen LogP contribution in [0.3, 0.4) is 0 Å². The van der Waals surface area contributed by atoms with Gasteiger partial charge in [0.15, 0.2) is 0 Å². The Balaban J connectivity index is 1.57. The number of ether oxygens (including phenoxy) is 2. The highest BCUT2D eigenvalue weighted by molar-refractivity contribution is 5.93. The van der Waals surface area contributed by atoms with Crippen LogP contribution < -0.4 is 14.8 Å². The van der Waals surface area contributed by atoms with Crippen LogP contribution in [0, 0.1) is 13.8 Å². The molecule has 0 bridgehead atoms. The molecule has 0 saturated carbocycles. The maximum Gasteiger partial charge on any atom is 0.270 e. The third-order valence-electron chi connectivity index (χ3n) is 4.51. The van der Waals surface area contributed by atoms with Crippen LogP contribution in [0.2, 0.25) is 0 Å². The molecule has 0 spiro atoms. The highest BCUT2D eigenvalue weighted by Gasteiger charge is 2.26. The number of nitrogens with zero attached hydrogens (tertiary/aromatic N) is 3. The van der Waals surface area contributed by atoms with Crippen molar-refractivity contribution < 1.29 is 14.3 Å². The maximum atomic E-state index is 12.7. The fourth-order valence-corrected chi connectivity index (χ4v) is 3.15. The predicted octanol–water partition coefficient (Wildman–Crippen LogP) is 2.76. The van der Waals surface area contributed by atoms with E-state index < -0.39 is 0 Å². The Hall–Kier alpha value is -3.35. The Labute approximate surface area is 157 Å². The molecule has 27 heavy (non-hydrogen) atoms. The molecule has 3 heterocycles. The third kappa shape index (κ3) is 3.23. The van der Waals surface area contributed by atoms with Gasteiger partial charge in [0.2, 0.25) is 5.88 Å². The Morgan fingerprint density at radius 3 is 2.89 bits per heavy atom. The van der Waals surface area contributed by atoms with Crippen LogP contribution in [0.1, 0.15) is 33.4 Å². The van der Waals surface area contributed by atoms with E-state index in [0.29, 0.717) is 12.5 Å². The molecule has 7 heteroatoms. The number of aromatic nitrogens is 3. The lowest BCUT2D eigenvalue weighted by Gasteiger charge is -2.13. The first-order valence-corrected chi connectivity index (χ1v) is 8.65. The molecule has 1 amide bonds. The number of carbonyl (C=O) groups is 1. The van der Waals surface area contributed by atoms with E-state index >= 15 is 0 Å². The molecule has 1 aromatic carbocycles. The molecular formula is C20H20N4O3. The molecule has 0 aliphatic carbocycles. The van der Waals surface area contributed by atoms with E-state index in [0.717, 1.165) is 28.3 Å². The van der Waals surface area contributed by atoms with Gasteiger partial charge in [-0.1, -0.05) is 17.7 Å². The van der Waals surface area contributed by atoms with Crippen LogP contribution in [0.5, 0.6) is 11.6 Å². The molecule has 1 atom stereocenters. The largest absolute Gasteiger partial charge is 0.491 e. The van der Waals surface area contributed by atoms with Crippen LogP contribution in [-0.2, 0) is 0 Å². The second kappa shape index (κ2) is 6.75. The van der Waals surface area contributed by atoms with Crippen molar-refractivity contribution in [2.24, 2.45) is 0 Å². The van der Waals surface area contributed by atoms with E-state index in [9.17, 15) is 4.79 Å². The van der Waals surface area contributed by atoms with E-state index in [2.05, 4.69) is 15.3 Å². The average molecular weight is 364 g/mol. The van der Waals surface area contributed by atoms with E-state index in [1.165, 1.54) is 7.11 Å². The Morgan fingerprint density at radius 2 is 2.15 bits per heavy atom. The minimum absolute atomic E-state index is 0.198. The van der Waals surface area contributed by atoms with Gasteiger partial charge >= 0.3 is 0 Å². The number of amides is 1. The molecule has 1 aliphatic rings. The zero-order valence-electron chi connectivity index (χ0n) is 15.4. The number of benzene rings is 1. The minimum Gasteiger partial charge on any atom is -0.491 e. The normalized spacial score (nSPS) is 15.1. The lowest BCUT2D eigenvalue weighted by atomic mass is 10.1. The quantitative estimate of drug-likeness (QED) is 0.770. The standard InChI is InChI=1S/C20H20N4O3/c1-12-4-7-18-14(8-12)16(10-27-18)22-19(25)15-5-6-17(20(23-15)26-3)24-9-13(2)21-11-24/h4-9,11,16H,10H2,1-3H3,(H,22,25)/t16-/m0/s1. The highest BCUT2D eigenvalue weighted by atomic mass is 16.5. The van der Waals surface area contributed by atoms with Crippen molar-refractivity contribution in [1.82, 2.24) is 19.9 Å². The monoisotopic (exact) mass is 364 g/mol. The molecule has 0 fully saturated rings. The van der Waals surface area contributed by atoms with Crippen molar-refractivity contribution >= 4 is 5.91 Å². The van der Waals surface area contributed by atoms with Gasteiger partial charge in [-0.05, 0) is 32.0 Å². The van der Waals surface area contributed by atoms with Gasteiger partial charge in [0, 0.05) is 11.8 Å². The molecule has 0 saturated heterocycles. The molecule has 1 N–H and O–H groups in total. The summed E-state index contributed by atoms with van der Waals surface area (Å²) in [5.41, 5.74) is 4.00. The van der Waals surface area contributed by atoms with E-state index in [1.807, 2.05) is 42.8 Å². The van der Waals surface area contributed by atoms with E-state index in [4.69, 9.17) is 9.47 Å². The first kappa shape index (κ1) is 17.1. The Kier molecular flexibility index (Phi) is 4.27. The fourth-order valence-electron chi connectivity index (χ4n) is 3.15. The summed E-state index contributed by atoms with van der Waals surface area (Å²) >= 11 is 0. The molecular weight excluding hydrogens is 344 g/mol. The first-order valence-electron chi connectivity index (χ1n) is 8.65. The van der Waals surface area contributed by atoms with Crippen molar-refractivity contribution in [1.29, 1.82) is 0 Å². The Morgan fingerprint density at radius 1 is 1.30 bits per heavy atom. The SMILES string of the molecule is COc1nc(C(=O)N[C@H]2COc3ccc(C)cc32)ccc1-n1cnc(C)c1. The zero-order valence-corrected chi connectivity index (χ0v) is 15.4. The summed E-state index contributed by atoms with van der Waals surface area (Å²) < 4.78 is 12.8. The van der Waals surface area contributed by atoms with Crippen LogP contribution in [0.4, 0.5) is 0 Å². The van der Waals surface area contributed by atoms with Gasteiger partial charge in [0.25, 0.3) is 5.91 Å². The molecule has 138 valence electrons. The van der Waals surface area contributed by atoms with E-state index in [1.54, 1.807) is 18.5 Å². The summed E-state index contributed by atoms with van der Waals surface area (Å²) in [6.07, 6.45) is 3.55. The Bertz CT molecular complexity index is 1010. The zero-order chi connectivity index (χ0) is 19.0. The van der Waals surface area contributed by atoms with Crippen LogP contribution in [0.25, 0.3) is 5.69 Å². The summed E-state index contributed by atoms with van der Waals surface area (Å²) in [6, 6.07) is 9.23. The molecule has 7 nitrogen and oxygen atoms in total. The van der Waals surface area contributed by atoms with Crippen molar-refractivity contribution in [3.63, 3.8) is 0 Å². The highest BCUT2D eigenvalue weighted by Crippen LogP contribution is 2.33. The van der Waals surface area contributed by atoms with Gasteiger partial charge in [-0.25, -0.2) is 9.97 Å². The molecule has 0 unspecified atom stereocenters. The summed E-state index contributed by atoms with van der Waals surface area (Å²) in [7, 11) is 1.53. The minimum atomic E-state index is -0.274. The number of carbonyl (C=O) groups excluding carboxylic acids is 1. The third-order valence-corrected chi connectivity index (χ3v) is 4.51. The number of rotatable bonds is 4. The average Bonchev–Trinajstić information content (AvgIpc) is 3.27. The number of hydrogen-bond acceptors (Lipinski definition) is 5. The summed E-state index contributed by atoms with van der Waals surface area (Å²) in [5, 5.41) is 2.99. The van der Waals surface area contributed by atoms with Gasteiger partial charge < -0.3 is 19.4 Å². The molecule has 4 rings (SSSR count). The first-order chi connectivity index (χ1) is 13.0. The van der Waals surface area contributed by atoms with Crippen molar-refractivity contribution in [3.05, 3.63) is 65.4 Å². The van der Waals surface area contributed by atoms with Crippen molar-refractivity contribution in [3.8, 4) is 17.3 Å². The van der Waals surface area contributed by atoms with Crippen LogP contribution in [-0.4, -0.2) is 34.2 Å². The number of pyridine rings is 1. The molecule has 0 radical (unpaired) electrons. The number of nitrogens with one attached hydrogen (secondary N) is 1. The number of fused-ring (bicyclic) bond motifs is 1. The summed E-state index contributed by atoms with van der Waals surface area (Å²) in [4.78, 5) is 21.3. The molecule has 1 aliphatic heterocycles. The van der Waals surface area contributed by atoms with E-state index in [-0.39, 0.29) is 17.6 Å². The summed E-state index contributed by atoms with van der Waals surface area (Å²) in [5.74, 6) is 0.894. The summed E-state index contributed by atoms with van der Waals surface area (Å²) in [6.45, 7) is 4.33. The van der Waals surface area contributed by atoms with Gasteiger partial charge in [-0.15, -0.1) is 0 Å². The molecule has 3 aromatic rings. The topological polar surface area (TPSA) is 78.3 Å². The molecule has 2 aromatic heterocycles. The second-order valence-electron chi connectivity index (χ2n) is 6.53. The number of methoxy groups -OCH3 is 1. The lowest BCUT2D eigenvalue weighted by Crippen LogP contribution is -2.30. The maximum absolute atomic E-state index is 12.7.